The van der Waals surface area contributed by atoms with Crippen molar-refractivity contribution in [2.75, 3.05) is 12.9 Å². The van der Waals surface area contributed by atoms with E-state index in [0.29, 0.717) is 6.61 Å². The van der Waals surface area contributed by atoms with Crippen molar-refractivity contribution < 1.29 is 19.3 Å². The van der Waals surface area contributed by atoms with Crippen LogP contribution in [0.15, 0.2) is 30.3 Å². The standard InChI is InChI=1S/C15H20O4S/c1-9-12(16)13-11(18-15(9)20-2)8-17-14(19-13)10-6-4-3-5-7-10/h3-7,9,11-16H,8H2,1-2H3/t9?,11?,12-,13+,14?,15+/m1/s1. The number of thioether (sulfide) groups is 1. The molecule has 0 bridgehead atoms. The predicted molar refractivity (Wildman–Crippen MR) is 77.4 cm³/mol. The van der Waals surface area contributed by atoms with Crippen LogP contribution in [0.25, 0.3) is 0 Å². The van der Waals surface area contributed by atoms with E-state index in [-0.39, 0.29) is 23.6 Å². The topological polar surface area (TPSA) is 47.9 Å². The predicted octanol–water partition coefficient (Wildman–Crippen LogP) is 2.19. The van der Waals surface area contributed by atoms with Crippen LogP contribution in [0.3, 0.4) is 0 Å². The molecule has 0 saturated carbocycles. The number of aliphatic hydroxyl groups is 1. The lowest BCUT2D eigenvalue weighted by Crippen LogP contribution is -2.57. The van der Waals surface area contributed by atoms with Gasteiger partial charge >= 0.3 is 0 Å². The molecule has 2 heterocycles. The molecule has 110 valence electrons. The first-order valence-electron chi connectivity index (χ1n) is 6.89. The van der Waals surface area contributed by atoms with E-state index in [4.69, 9.17) is 14.2 Å². The Morgan fingerprint density at radius 2 is 1.95 bits per heavy atom. The molecule has 3 unspecified atom stereocenters. The van der Waals surface area contributed by atoms with Crippen molar-refractivity contribution in [2.24, 2.45) is 5.92 Å². The average molecular weight is 296 g/mol. The highest BCUT2D eigenvalue weighted by molar-refractivity contribution is 7.99. The Kier molecular flexibility index (Phi) is 4.33. The summed E-state index contributed by atoms with van der Waals surface area (Å²) in [6.07, 6.45) is 0.520. The zero-order valence-corrected chi connectivity index (χ0v) is 12.5. The SMILES string of the molecule is CS[C@@H]1OC2COC(c3ccccc3)O[C@@H]2[C@H](O)C1C. The monoisotopic (exact) mass is 296 g/mol. The third-order valence-corrected chi connectivity index (χ3v) is 4.98. The van der Waals surface area contributed by atoms with Gasteiger partial charge in [-0.2, -0.15) is 0 Å². The van der Waals surface area contributed by atoms with Crippen LogP contribution in [-0.4, -0.2) is 41.7 Å². The Balaban J connectivity index is 1.74. The zero-order chi connectivity index (χ0) is 14.1. The Bertz CT molecular complexity index is 439. The average Bonchev–Trinajstić information content (AvgIpc) is 2.51. The van der Waals surface area contributed by atoms with Crippen LogP contribution in [0, 0.1) is 5.92 Å². The second-order valence-corrected chi connectivity index (χ2v) is 6.24. The fraction of sp³-hybridized carbons (Fsp3) is 0.600. The molecule has 6 atom stereocenters. The highest BCUT2D eigenvalue weighted by Crippen LogP contribution is 2.38. The van der Waals surface area contributed by atoms with Crippen molar-refractivity contribution in [3.63, 3.8) is 0 Å². The molecular weight excluding hydrogens is 276 g/mol. The first-order chi connectivity index (χ1) is 9.70. The van der Waals surface area contributed by atoms with Crippen molar-refractivity contribution in [3.05, 3.63) is 35.9 Å². The number of hydrogen-bond acceptors (Lipinski definition) is 5. The summed E-state index contributed by atoms with van der Waals surface area (Å²) in [5, 5.41) is 10.5. The molecule has 0 aromatic heterocycles. The fourth-order valence-electron chi connectivity index (χ4n) is 2.78. The molecule has 0 amide bonds. The highest BCUT2D eigenvalue weighted by Gasteiger charge is 2.47. The first-order valence-corrected chi connectivity index (χ1v) is 8.18. The maximum Gasteiger partial charge on any atom is 0.184 e. The van der Waals surface area contributed by atoms with Crippen molar-refractivity contribution in [1.29, 1.82) is 0 Å². The Hall–Kier alpha value is -0.590. The van der Waals surface area contributed by atoms with Crippen LogP contribution >= 0.6 is 11.8 Å². The maximum atomic E-state index is 10.5. The van der Waals surface area contributed by atoms with E-state index in [9.17, 15) is 5.11 Å². The van der Waals surface area contributed by atoms with E-state index in [1.54, 1.807) is 11.8 Å². The van der Waals surface area contributed by atoms with Gasteiger partial charge < -0.3 is 19.3 Å². The van der Waals surface area contributed by atoms with Gasteiger partial charge in [0, 0.05) is 11.5 Å². The molecule has 2 aliphatic heterocycles. The van der Waals surface area contributed by atoms with Crippen LogP contribution in [0.4, 0.5) is 0 Å². The summed E-state index contributed by atoms with van der Waals surface area (Å²) < 4.78 is 17.6. The summed E-state index contributed by atoms with van der Waals surface area (Å²) in [5.41, 5.74) is 0.963. The van der Waals surface area contributed by atoms with Crippen LogP contribution in [-0.2, 0) is 14.2 Å². The van der Waals surface area contributed by atoms with Crippen LogP contribution in [0.2, 0.25) is 0 Å². The quantitative estimate of drug-likeness (QED) is 0.906. The van der Waals surface area contributed by atoms with E-state index in [0.717, 1.165) is 5.56 Å². The smallest absolute Gasteiger partial charge is 0.184 e. The lowest BCUT2D eigenvalue weighted by Gasteiger charge is -2.46. The van der Waals surface area contributed by atoms with Gasteiger partial charge in [-0.15, -0.1) is 11.8 Å². The summed E-state index contributed by atoms with van der Waals surface area (Å²) in [7, 11) is 0. The molecule has 2 aliphatic rings. The minimum absolute atomic E-state index is 0.00766. The lowest BCUT2D eigenvalue weighted by atomic mass is 9.93. The Morgan fingerprint density at radius 1 is 1.20 bits per heavy atom. The molecule has 0 radical (unpaired) electrons. The number of aliphatic hydroxyl groups excluding tert-OH is 1. The minimum Gasteiger partial charge on any atom is -0.390 e. The van der Waals surface area contributed by atoms with E-state index >= 15 is 0 Å². The van der Waals surface area contributed by atoms with Crippen molar-refractivity contribution in [1.82, 2.24) is 0 Å². The molecule has 2 fully saturated rings. The summed E-state index contributed by atoms with van der Waals surface area (Å²) in [6, 6.07) is 9.80. The number of rotatable bonds is 2. The van der Waals surface area contributed by atoms with Gasteiger partial charge in [-0.1, -0.05) is 37.3 Å². The van der Waals surface area contributed by atoms with Crippen LogP contribution in [0.1, 0.15) is 18.8 Å². The molecule has 0 spiro atoms. The molecule has 2 saturated heterocycles. The fourth-order valence-corrected chi connectivity index (χ4v) is 3.62. The molecule has 20 heavy (non-hydrogen) atoms. The van der Waals surface area contributed by atoms with Crippen molar-refractivity contribution in [2.45, 2.75) is 37.0 Å². The largest absolute Gasteiger partial charge is 0.390 e. The van der Waals surface area contributed by atoms with Gasteiger partial charge in [0.15, 0.2) is 6.29 Å². The summed E-state index contributed by atoms with van der Waals surface area (Å²) in [4.78, 5) is 0. The summed E-state index contributed by atoms with van der Waals surface area (Å²) in [6.45, 7) is 2.45. The van der Waals surface area contributed by atoms with Crippen LogP contribution < -0.4 is 0 Å². The third kappa shape index (κ3) is 2.61. The molecule has 1 aromatic rings. The summed E-state index contributed by atoms with van der Waals surface area (Å²) in [5.74, 6) is 0.0424. The molecule has 3 rings (SSSR count). The Morgan fingerprint density at radius 3 is 2.65 bits per heavy atom. The van der Waals surface area contributed by atoms with Gasteiger partial charge in [0.2, 0.25) is 0 Å². The van der Waals surface area contributed by atoms with Crippen molar-refractivity contribution >= 4 is 11.8 Å². The number of fused-ring (bicyclic) bond motifs is 1. The van der Waals surface area contributed by atoms with Gasteiger partial charge in [-0.3, -0.25) is 0 Å². The van der Waals surface area contributed by atoms with E-state index < -0.39 is 12.4 Å². The van der Waals surface area contributed by atoms with Crippen LogP contribution in [0.5, 0.6) is 0 Å². The highest BCUT2D eigenvalue weighted by atomic mass is 32.2. The molecule has 5 heteroatoms. The van der Waals surface area contributed by atoms with Gasteiger partial charge in [0.1, 0.15) is 17.6 Å². The minimum atomic E-state index is -0.527. The third-order valence-electron chi connectivity index (χ3n) is 3.98. The number of hydrogen-bond donors (Lipinski definition) is 1. The van der Waals surface area contributed by atoms with Gasteiger partial charge in [0.25, 0.3) is 0 Å². The second-order valence-electron chi connectivity index (χ2n) is 5.30. The molecule has 4 nitrogen and oxygen atoms in total. The van der Waals surface area contributed by atoms with Crippen molar-refractivity contribution in [3.8, 4) is 0 Å². The zero-order valence-electron chi connectivity index (χ0n) is 11.6. The van der Waals surface area contributed by atoms with Gasteiger partial charge in [0.05, 0.1) is 12.7 Å². The molecule has 1 N–H and O–H groups in total. The molecular formula is C15H20O4S. The van der Waals surface area contributed by atoms with E-state index in [1.807, 2.05) is 43.5 Å². The number of ether oxygens (including phenoxy) is 3. The van der Waals surface area contributed by atoms with Gasteiger partial charge in [-0.25, -0.2) is 0 Å². The molecule has 0 aliphatic carbocycles. The second kappa shape index (κ2) is 6.03. The Labute approximate surface area is 123 Å². The lowest BCUT2D eigenvalue weighted by molar-refractivity contribution is -0.311. The van der Waals surface area contributed by atoms with E-state index in [2.05, 4.69) is 0 Å². The molecule has 1 aromatic carbocycles. The van der Waals surface area contributed by atoms with E-state index in [1.165, 1.54) is 0 Å². The normalized spacial score (nSPS) is 41.1. The first kappa shape index (κ1) is 14.4. The maximum absolute atomic E-state index is 10.5. The summed E-state index contributed by atoms with van der Waals surface area (Å²) >= 11 is 1.62. The van der Waals surface area contributed by atoms with Gasteiger partial charge in [-0.05, 0) is 6.26 Å². The number of benzene rings is 1.